The fraction of sp³-hybridized carbons (Fsp3) is 0.241. The van der Waals surface area contributed by atoms with E-state index in [-0.39, 0.29) is 23.7 Å². The lowest BCUT2D eigenvalue weighted by Crippen LogP contribution is -2.29. The van der Waals surface area contributed by atoms with Crippen LogP contribution in [0, 0.1) is 13.8 Å². The van der Waals surface area contributed by atoms with Crippen LogP contribution in [-0.2, 0) is 0 Å². The predicted molar refractivity (Wildman–Crippen MR) is 146 cm³/mol. The minimum Gasteiger partial charge on any atom is -0.372 e. The van der Waals surface area contributed by atoms with E-state index in [9.17, 15) is 9.59 Å². The van der Waals surface area contributed by atoms with Crippen LogP contribution in [0.25, 0.3) is 5.69 Å². The topological polar surface area (TPSA) is 92.2 Å². The van der Waals surface area contributed by atoms with Crippen molar-refractivity contribution < 1.29 is 9.59 Å². The molecule has 2 heterocycles. The fourth-order valence-corrected chi connectivity index (χ4v) is 4.58. The maximum absolute atomic E-state index is 13.1. The molecule has 5 rings (SSSR count). The highest BCUT2D eigenvalue weighted by Gasteiger charge is 2.19. The summed E-state index contributed by atoms with van der Waals surface area (Å²) in [5.41, 5.74) is 4.66. The number of carbonyl (C=O) groups is 2. The minimum atomic E-state index is -0.313. The molecule has 1 fully saturated rings. The summed E-state index contributed by atoms with van der Waals surface area (Å²) in [6.45, 7) is 5.86. The highest BCUT2D eigenvalue weighted by Crippen LogP contribution is 2.24. The Hall–Kier alpha value is -4.46. The van der Waals surface area contributed by atoms with Gasteiger partial charge in [-0.05, 0) is 80.6 Å². The van der Waals surface area contributed by atoms with Crippen molar-refractivity contribution in [1.29, 1.82) is 0 Å². The fourth-order valence-electron chi connectivity index (χ4n) is 4.58. The Morgan fingerprint density at radius 2 is 1.24 bits per heavy atom. The van der Waals surface area contributed by atoms with Gasteiger partial charge in [0.25, 0.3) is 17.8 Å². The lowest BCUT2D eigenvalue weighted by molar-refractivity contribution is 0.101. The Labute approximate surface area is 216 Å². The van der Waals surface area contributed by atoms with Gasteiger partial charge in [0, 0.05) is 29.9 Å². The minimum absolute atomic E-state index is 0.105. The summed E-state index contributed by atoms with van der Waals surface area (Å²) >= 11 is 0. The number of hydrogen-bond acceptors (Lipinski definition) is 5. The van der Waals surface area contributed by atoms with E-state index in [2.05, 4.69) is 37.7 Å². The maximum atomic E-state index is 13.1. The van der Waals surface area contributed by atoms with Gasteiger partial charge in [0.1, 0.15) is 0 Å². The monoisotopic (exact) mass is 494 g/mol. The van der Waals surface area contributed by atoms with Crippen LogP contribution in [0.15, 0.2) is 72.8 Å². The van der Waals surface area contributed by atoms with Crippen molar-refractivity contribution in [3.05, 3.63) is 95.1 Å². The Morgan fingerprint density at radius 3 is 1.84 bits per heavy atom. The van der Waals surface area contributed by atoms with Gasteiger partial charge in [-0.2, -0.15) is 9.67 Å². The predicted octanol–water partition coefficient (Wildman–Crippen LogP) is 5.38. The highest BCUT2D eigenvalue weighted by atomic mass is 16.2. The number of benzene rings is 3. The first-order valence-electron chi connectivity index (χ1n) is 12.6. The number of piperidine rings is 1. The van der Waals surface area contributed by atoms with E-state index in [0.29, 0.717) is 11.1 Å². The molecule has 0 aliphatic carbocycles. The lowest BCUT2D eigenvalue weighted by Gasteiger charge is -2.28. The average Bonchev–Trinajstić information content (AvgIpc) is 3.31. The van der Waals surface area contributed by atoms with E-state index in [1.165, 1.54) is 19.3 Å². The number of rotatable bonds is 6. The average molecular weight is 495 g/mol. The molecule has 3 aromatic carbocycles. The van der Waals surface area contributed by atoms with E-state index >= 15 is 0 Å². The molecule has 1 aliphatic heterocycles. The first kappa shape index (κ1) is 24.2. The highest BCUT2D eigenvalue weighted by molar-refractivity contribution is 6.06. The van der Waals surface area contributed by atoms with Crippen LogP contribution in [0.5, 0.6) is 0 Å². The van der Waals surface area contributed by atoms with Crippen LogP contribution in [-0.4, -0.2) is 39.7 Å². The van der Waals surface area contributed by atoms with Crippen molar-refractivity contribution in [3.8, 4) is 5.69 Å². The summed E-state index contributed by atoms with van der Waals surface area (Å²) in [6.07, 6.45) is 3.67. The van der Waals surface area contributed by atoms with Gasteiger partial charge in [-0.15, -0.1) is 5.10 Å². The molecule has 2 amide bonds. The molecular weight excluding hydrogens is 464 g/mol. The second kappa shape index (κ2) is 10.7. The zero-order chi connectivity index (χ0) is 25.8. The van der Waals surface area contributed by atoms with Gasteiger partial charge in [-0.3, -0.25) is 20.2 Å². The molecule has 0 atom stereocenters. The Morgan fingerprint density at radius 1 is 0.703 bits per heavy atom. The molecule has 4 aromatic rings. The maximum Gasteiger partial charge on any atom is 0.258 e. The van der Waals surface area contributed by atoms with Crippen LogP contribution in [0.1, 0.15) is 51.1 Å². The first-order chi connectivity index (χ1) is 18.0. The molecular formula is C29H30N6O2. The summed E-state index contributed by atoms with van der Waals surface area (Å²) in [5, 5.41) is 10.2. The van der Waals surface area contributed by atoms with Gasteiger partial charge >= 0.3 is 0 Å². The van der Waals surface area contributed by atoms with Gasteiger partial charge < -0.3 is 4.90 Å². The van der Waals surface area contributed by atoms with Crippen molar-refractivity contribution in [2.45, 2.75) is 33.1 Å². The number of aryl methyl sites for hydroxylation is 2. The van der Waals surface area contributed by atoms with Crippen LogP contribution in [0.2, 0.25) is 0 Å². The van der Waals surface area contributed by atoms with Gasteiger partial charge in [0.05, 0.1) is 5.69 Å². The Kier molecular flexibility index (Phi) is 6.98. The number of hydrogen-bond donors (Lipinski definition) is 2. The number of anilines is 3. The molecule has 1 saturated heterocycles. The smallest absolute Gasteiger partial charge is 0.258 e. The number of aromatic nitrogens is 3. The second-order valence-electron chi connectivity index (χ2n) is 9.27. The van der Waals surface area contributed by atoms with Crippen LogP contribution in [0.4, 0.5) is 17.6 Å². The first-order valence-corrected chi connectivity index (χ1v) is 12.6. The Bertz CT molecular complexity index is 1420. The molecule has 37 heavy (non-hydrogen) atoms. The molecule has 8 nitrogen and oxygen atoms in total. The second-order valence-corrected chi connectivity index (χ2v) is 9.27. The lowest BCUT2D eigenvalue weighted by atomic mass is 10.1. The van der Waals surface area contributed by atoms with E-state index in [0.717, 1.165) is 35.6 Å². The van der Waals surface area contributed by atoms with Gasteiger partial charge in [-0.25, -0.2) is 0 Å². The summed E-state index contributed by atoms with van der Waals surface area (Å²) in [7, 11) is 0. The number of carbonyl (C=O) groups excluding carboxylic acids is 2. The number of nitrogens with zero attached hydrogens (tertiary/aromatic N) is 4. The zero-order valence-electron chi connectivity index (χ0n) is 21.1. The van der Waals surface area contributed by atoms with Gasteiger partial charge in [0.2, 0.25) is 5.95 Å². The van der Waals surface area contributed by atoms with E-state index in [4.69, 9.17) is 0 Å². The standard InChI is InChI=1S/C29H30N6O2/c1-20-10-4-6-12-24(20)26(36)30-28-32-29(31-27(37)25-13-7-5-11-21(25)2)35(33-28)23-16-14-22(15-17-23)34-18-8-3-9-19-34/h4-7,10-17H,3,8-9,18-19H2,1-2H3,(H2,30,31,32,33,36,37). The van der Waals surface area contributed by atoms with E-state index < -0.39 is 0 Å². The normalized spacial score (nSPS) is 13.3. The van der Waals surface area contributed by atoms with Crippen LogP contribution >= 0.6 is 0 Å². The van der Waals surface area contributed by atoms with Crippen LogP contribution < -0.4 is 15.5 Å². The summed E-state index contributed by atoms with van der Waals surface area (Å²) in [4.78, 5) is 32.8. The molecule has 2 N–H and O–H groups in total. The van der Waals surface area contributed by atoms with Crippen molar-refractivity contribution in [1.82, 2.24) is 14.8 Å². The van der Waals surface area contributed by atoms with Crippen molar-refractivity contribution >= 4 is 29.4 Å². The van der Waals surface area contributed by atoms with E-state index in [1.807, 2.05) is 62.4 Å². The molecule has 1 aliphatic rings. The molecule has 0 saturated carbocycles. The number of nitrogens with one attached hydrogen (secondary N) is 2. The van der Waals surface area contributed by atoms with Crippen molar-refractivity contribution in [3.63, 3.8) is 0 Å². The summed E-state index contributed by atoms with van der Waals surface area (Å²) in [5.74, 6) is -0.284. The zero-order valence-corrected chi connectivity index (χ0v) is 21.1. The summed E-state index contributed by atoms with van der Waals surface area (Å²) < 4.78 is 1.55. The quantitative estimate of drug-likeness (QED) is 0.376. The molecule has 0 unspecified atom stereocenters. The molecule has 0 bridgehead atoms. The SMILES string of the molecule is Cc1ccccc1C(=O)Nc1nc(NC(=O)c2ccccc2C)n(-c2ccc(N3CCCCC3)cc2)n1. The third-order valence-electron chi connectivity index (χ3n) is 6.65. The molecule has 188 valence electrons. The summed E-state index contributed by atoms with van der Waals surface area (Å²) in [6, 6.07) is 22.7. The van der Waals surface area contributed by atoms with Gasteiger partial charge in [0.15, 0.2) is 0 Å². The largest absolute Gasteiger partial charge is 0.372 e. The van der Waals surface area contributed by atoms with Crippen LogP contribution in [0.3, 0.4) is 0 Å². The molecule has 0 spiro atoms. The van der Waals surface area contributed by atoms with Gasteiger partial charge in [-0.1, -0.05) is 36.4 Å². The molecule has 1 aromatic heterocycles. The van der Waals surface area contributed by atoms with E-state index in [1.54, 1.807) is 16.8 Å². The number of amides is 2. The Balaban J connectivity index is 1.45. The van der Waals surface area contributed by atoms with Crippen molar-refractivity contribution in [2.75, 3.05) is 28.6 Å². The third-order valence-corrected chi connectivity index (χ3v) is 6.65. The molecule has 0 radical (unpaired) electrons. The molecule has 8 heteroatoms. The van der Waals surface area contributed by atoms with Crippen molar-refractivity contribution in [2.24, 2.45) is 0 Å². The third kappa shape index (κ3) is 5.38.